The highest BCUT2D eigenvalue weighted by molar-refractivity contribution is 6.31. The molecule has 0 bridgehead atoms. The number of rotatable bonds is 1. The highest BCUT2D eigenvalue weighted by Gasteiger charge is 2.03. The van der Waals surface area contributed by atoms with E-state index in [1.54, 1.807) is 6.20 Å². The lowest BCUT2D eigenvalue weighted by Gasteiger charge is -2.10. The van der Waals surface area contributed by atoms with Gasteiger partial charge in [-0.1, -0.05) is 13.8 Å². The molecule has 1 heterocycles. The smallest absolute Gasteiger partial charge is 0.142 e. The lowest BCUT2D eigenvalue weighted by atomic mass is 9.90. The van der Waals surface area contributed by atoms with Crippen LogP contribution in [0.5, 0.6) is 0 Å². The molecule has 0 unspecified atom stereocenters. The van der Waals surface area contributed by atoms with Gasteiger partial charge in [-0.25, -0.2) is 0 Å². The summed E-state index contributed by atoms with van der Waals surface area (Å²) in [4.78, 5) is 4.00. The maximum absolute atomic E-state index is 5.65. The van der Waals surface area contributed by atoms with Crippen molar-refractivity contribution in [3.8, 4) is 0 Å². The zero-order valence-corrected chi connectivity index (χ0v) is 7.26. The zero-order valence-electron chi connectivity index (χ0n) is 7.26. The molecule has 0 spiro atoms. The highest BCUT2D eigenvalue weighted by atomic mass is 14.6. The minimum Gasteiger partial charge on any atom is -0.273 e. The molecule has 2 radical (unpaired) electrons. The topological polar surface area (TPSA) is 12.9 Å². The van der Waals surface area contributed by atoms with E-state index >= 15 is 0 Å². The van der Waals surface area contributed by atoms with E-state index in [2.05, 4.69) is 18.8 Å². The Morgan fingerprint density at radius 3 is 2.55 bits per heavy atom. The number of aromatic nitrogens is 1. The van der Waals surface area contributed by atoms with Gasteiger partial charge in [0.1, 0.15) is 7.85 Å². The largest absolute Gasteiger partial charge is 0.273 e. The first kappa shape index (κ1) is 8.31. The van der Waals surface area contributed by atoms with Gasteiger partial charge in [-0.15, -0.1) is 0 Å². The molecule has 0 aliphatic rings. The van der Waals surface area contributed by atoms with Crippen molar-refractivity contribution in [3.05, 3.63) is 23.4 Å². The molecule has 1 rings (SSSR count). The predicted octanol–water partition coefficient (Wildman–Crippen LogP) is 1.31. The van der Waals surface area contributed by atoms with Gasteiger partial charge in [-0.3, -0.25) is 4.98 Å². The van der Waals surface area contributed by atoms with E-state index in [1.165, 1.54) is 5.56 Å². The molecule has 0 amide bonds. The van der Waals surface area contributed by atoms with Crippen LogP contribution in [0.25, 0.3) is 0 Å². The Kier molecular flexibility index (Phi) is 2.33. The summed E-state index contributed by atoms with van der Waals surface area (Å²) in [5, 5.41) is 0. The Balaban J connectivity index is 3.17. The summed E-state index contributed by atoms with van der Waals surface area (Å²) in [6.07, 6.45) is 1.76. The van der Waals surface area contributed by atoms with Gasteiger partial charge >= 0.3 is 0 Å². The second-order valence-corrected chi connectivity index (χ2v) is 3.07. The normalized spacial score (nSPS) is 10.5. The Bertz CT molecular complexity index is 256. The van der Waals surface area contributed by atoms with Crippen LogP contribution in [0.15, 0.2) is 12.3 Å². The van der Waals surface area contributed by atoms with Crippen LogP contribution in [0.3, 0.4) is 0 Å². The van der Waals surface area contributed by atoms with Crippen LogP contribution in [0.1, 0.15) is 30.9 Å². The van der Waals surface area contributed by atoms with Crippen molar-refractivity contribution in [3.63, 3.8) is 0 Å². The monoisotopic (exact) mass is 145 g/mol. The number of hydrogen-bond donors (Lipinski definition) is 0. The van der Waals surface area contributed by atoms with E-state index in [0.717, 1.165) is 5.56 Å². The third kappa shape index (κ3) is 1.62. The molecule has 0 atom stereocenters. The molecule has 0 saturated carbocycles. The summed E-state index contributed by atoms with van der Waals surface area (Å²) in [7, 11) is 5.65. The summed E-state index contributed by atoms with van der Waals surface area (Å²) < 4.78 is 0. The number of pyridine rings is 1. The van der Waals surface area contributed by atoms with E-state index in [-0.39, 0.29) is 0 Å². The average molecular weight is 145 g/mol. The lowest BCUT2D eigenvalue weighted by molar-refractivity contribution is 0.855. The molecule has 0 aromatic carbocycles. The SMILES string of the molecule is [B]c1nccc(C(C)C)c1C. The molecule has 1 aromatic heterocycles. The summed E-state index contributed by atoms with van der Waals surface area (Å²) in [5.74, 6) is 0.528. The molecule has 0 aliphatic heterocycles. The van der Waals surface area contributed by atoms with Gasteiger partial charge < -0.3 is 0 Å². The minimum atomic E-state index is 0.528. The van der Waals surface area contributed by atoms with Gasteiger partial charge in [-0.2, -0.15) is 0 Å². The standard InChI is InChI=1S/C9H12BN/c1-6(2)8-4-5-11-9(10)7(8)3/h4-6H,1-3H3. The molecule has 0 fully saturated rings. The second kappa shape index (κ2) is 3.08. The van der Waals surface area contributed by atoms with Crippen LogP contribution < -0.4 is 5.59 Å². The molecule has 1 aromatic rings. The molecular weight excluding hydrogens is 133 g/mol. The molecule has 2 heteroatoms. The molecule has 0 N–H and O–H groups in total. The van der Waals surface area contributed by atoms with Gasteiger partial charge in [0.05, 0.1) is 0 Å². The third-order valence-electron chi connectivity index (χ3n) is 1.91. The van der Waals surface area contributed by atoms with Crippen LogP contribution in [0, 0.1) is 6.92 Å². The quantitative estimate of drug-likeness (QED) is 0.543. The fraction of sp³-hybridized carbons (Fsp3) is 0.444. The van der Waals surface area contributed by atoms with Gasteiger partial charge in [0.15, 0.2) is 0 Å². The Labute approximate surface area is 69.3 Å². The number of hydrogen-bond acceptors (Lipinski definition) is 1. The van der Waals surface area contributed by atoms with Crippen molar-refractivity contribution in [2.75, 3.05) is 0 Å². The van der Waals surface area contributed by atoms with Crippen LogP contribution in [-0.4, -0.2) is 12.8 Å². The molecule has 11 heavy (non-hydrogen) atoms. The maximum atomic E-state index is 5.65. The summed E-state index contributed by atoms with van der Waals surface area (Å²) in [5.41, 5.74) is 3.05. The summed E-state index contributed by atoms with van der Waals surface area (Å²) in [6.45, 7) is 6.32. The number of nitrogens with zero attached hydrogens (tertiary/aromatic N) is 1. The Morgan fingerprint density at radius 1 is 1.45 bits per heavy atom. The first-order valence-electron chi connectivity index (χ1n) is 3.84. The van der Waals surface area contributed by atoms with E-state index in [9.17, 15) is 0 Å². The van der Waals surface area contributed by atoms with E-state index in [0.29, 0.717) is 11.5 Å². The zero-order chi connectivity index (χ0) is 8.43. The van der Waals surface area contributed by atoms with Gasteiger partial charge in [0, 0.05) is 6.20 Å². The van der Waals surface area contributed by atoms with Crippen LogP contribution >= 0.6 is 0 Å². The first-order valence-corrected chi connectivity index (χ1v) is 3.84. The molecule has 0 aliphatic carbocycles. The molecule has 56 valence electrons. The Hall–Kier alpha value is -0.785. The van der Waals surface area contributed by atoms with E-state index < -0.39 is 0 Å². The van der Waals surface area contributed by atoms with Gasteiger partial charge in [0.25, 0.3) is 0 Å². The lowest BCUT2D eigenvalue weighted by Crippen LogP contribution is -2.14. The van der Waals surface area contributed by atoms with Crippen molar-refractivity contribution in [1.29, 1.82) is 0 Å². The summed E-state index contributed by atoms with van der Waals surface area (Å²) >= 11 is 0. The summed E-state index contributed by atoms with van der Waals surface area (Å²) in [6, 6.07) is 2.02. The first-order chi connectivity index (χ1) is 5.13. The van der Waals surface area contributed by atoms with Crippen molar-refractivity contribution < 1.29 is 0 Å². The van der Waals surface area contributed by atoms with Crippen molar-refractivity contribution in [2.24, 2.45) is 0 Å². The molecule has 1 nitrogen and oxygen atoms in total. The predicted molar refractivity (Wildman–Crippen MR) is 48.5 cm³/mol. The molecular formula is C9H12BN. The van der Waals surface area contributed by atoms with Gasteiger partial charge in [-0.05, 0) is 35.6 Å². The Morgan fingerprint density at radius 2 is 2.09 bits per heavy atom. The second-order valence-electron chi connectivity index (χ2n) is 3.07. The van der Waals surface area contributed by atoms with Crippen LogP contribution in [0.4, 0.5) is 0 Å². The highest BCUT2D eigenvalue weighted by Crippen LogP contribution is 2.15. The fourth-order valence-electron chi connectivity index (χ4n) is 1.19. The van der Waals surface area contributed by atoms with Crippen molar-refractivity contribution >= 4 is 13.4 Å². The van der Waals surface area contributed by atoms with Crippen LogP contribution in [-0.2, 0) is 0 Å². The molecule has 0 saturated heterocycles. The van der Waals surface area contributed by atoms with Crippen LogP contribution in [0.2, 0.25) is 0 Å². The third-order valence-corrected chi connectivity index (χ3v) is 1.91. The van der Waals surface area contributed by atoms with Crippen molar-refractivity contribution in [2.45, 2.75) is 26.7 Å². The van der Waals surface area contributed by atoms with E-state index in [1.807, 2.05) is 13.0 Å². The average Bonchev–Trinajstić information content (AvgIpc) is 1.94. The maximum Gasteiger partial charge on any atom is 0.142 e. The minimum absolute atomic E-state index is 0.528. The fourth-order valence-corrected chi connectivity index (χ4v) is 1.19. The van der Waals surface area contributed by atoms with Crippen molar-refractivity contribution in [1.82, 2.24) is 4.98 Å². The van der Waals surface area contributed by atoms with E-state index in [4.69, 9.17) is 7.85 Å². The van der Waals surface area contributed by atoms with Gasteiger partial charge in [0.2, 0.25) is 0 Å².